The van der Waals surface area contributed by atoms with Crippen molar-refractivity contribution < 1.29 is 4.74 Å². The van der Waals surface area contributed by atoms with Crippen molar-refractivity contribution >= 4 is 5.96 Å². The fourth-order valence-corrected chi connectivity index (χ4v) is 1.54. The van der Waals surface area contributed by atoms with Crippen LogP contribution >= 0.6 is 0 Å². The van der Waals surface area contributed by atoms with Gasteiger partial charge in [-0.15, -0.1) is 0 Å². The molecule has 0 aromatic carbocycles. The van der Waals surface area contributed by atoms with Gasteiger partial charge in [-0.3, -0.25) is 4.99 Å². The monoisotopic (exact) mass is 229 g/mol. The minimum atomic E-state index is 0.331. The lowest BCUT2D eigenvalue weighted by Gasteiger charge is -2.21. The van der Waals surface area contributed by atoms with Crippen LogP contribution in [-0.2, 0) is 4.74 Å². The summed E-state index contributed by atoms with van der Waals surface area (Å²) >= 11 is 0. The predicted octanol–water partition coefficient (Wildman–Crippen LogP) is 1.62. The van der Waals surface area contributed by atoms with Crippen LogP contribution in [0.3, 0.4) is 0 Å². The first-order valence-corrected chi connectivity index (χ1v) is 6.21. The maximum Gasteiger partial charge on any atom is 0.190 e. The topological polar surface area (TPSA) is 45.7 Å². The second-order valence-corrected chi connectivity index (χ2v) is 4.06. The van der Waals surface area contributed by atoms with Crippen LogP contribution in [0, 0.1) is 5.92 Å². The highest BCUT2D eigenvalue weighted by molar-refractivity contribution is 5.79. The number of hydrogen-bond donors (Lipinski definition) is 2. The van der Waals surface area contributed by atoms with Crippen LogP contribution in [0.4, 0.5) is 0 Å². The first-order valence-electron chi connectivity index (χ1n) is 6.21. The number of hydrogen-bond acceptors (Lipinski definition) is 2. The molecule has 0 saturated heterocycles. The quantitative estimate of drug-likeness (QED) is 0.515. The Hall–Kier alpha value is -0.770. The summed E-state index contributed by atoms with van der Waals surface area (Å²) in [7, 11) is 1.79. The van der Waals surface area contributed by atoms with Gasteiger partial charge >= 0.3 is 0 Å². The first kappa shape index (κ1) is 15.2. The van der Waals surface area contributed by atoms with Gasteiger partial charge in [0.15, 0.2) is 5.96 Å². The SMILES string of the molecule is CCNC(=NC)NCC[C@@H](OCC)C(C)C. The van der Waals surface area contributed by atoms with Crippen molar-refractivity contribution in [3.63, 3.8) is 0 Å². The van der Waals surface area contributed by atoms with E-state index in [4.69, 9.17) is 4.74 Å². The van der Waals surface area contributed by atoms with Crippen molar-refractivity contribution in [1.29, 1.82) is 0 Å². The van der Waals surface area contributed by atoms with Crippen LogP contribution in [0.15, 0.2) is 4.99 Å². The van der Waals surface area contributed by atoms with E-state index >= 15 is 0 Å². The molecule has 96 valence electrons. The zero-order chi connectivity index (χ0) is 12.4. The van der Waals surface area contributed by atoms with Crippen LogP contribution < -0.4 is 10.6 Å². The van der Waals surface area contributed by atoms with E-state index in [9.17, 15) is 0 Å². The number of aliphatic imine (C=N–C) groups is 1. The van der Waals surface area contributed by atoms with Gasteiger partial charge in [-0.1, -0.05) is 13.8 Å². The fourth-order valence-electron chi connectivity index (χ4n) is 1.54. The number of nitrogens with zero attached hydrogens (tertiary/aromatic N) is 1. The van der Waals surface area contributed by atoms with Gasteiger partial charge in [0, 0.05) is 26.7 Å². The molecule has 0 fully saturated rings. The third-order valence-corrected chi connectivity index (χ3v) is 2.41. The Bertz CT molecular complexity index is 193. The van der Waals surface area contributed by atoms with E-state index in [0.29, 0.717) is 12.0 Å². The Morgan fingerprint density at radius 1 is 1.25 bits per heavy atom. The molecule has 0 heterocycles. The Labute approximate surface area is 99.9 Å². The van der Waals surface area contributed by atoms with Gasteiger partial charge in [0.1, 0.15) is 0 Å². The van der Waals surface area contributed by atoms with Crippen LogP contribution in [-0.4, -0.2) is 38.8 Å². The third-order valence-electron chi connectivity index (χ3n) is 2.41. The largest absolute Gasteiger partial charge is 0.378 e. The lowest BCUT2D eigenvalue weighted by molar-refractivity contribution is 0.0258. The summed E-state index contributed by atoms with van der Waals surface area (Å²) in [5.41, 5.74) is 0. The van der Waals surface area contributed by atoms with Crippen molar-refractivity contribution in [1.82, 2.24) is 10.6 Å². The van der Waals surface area contributed by atoms with Crippen molar-refractivity contribution in [2.45, 2.75) is 40.2 Å². The summed E-state index contributed by atoms with van der Waals surface area (Å²) in [6.07, 6.45) is 1.34. The molecule has 0 aliphatic heterocycles. The van der Waals surface area contributed by atoms with Gasteiger partial charge in [0.2, 0.25) is 0 Å². The molecular formula is C12H27N3O. The van der Waals surface area contributed by atoms with E-state index in [1.165, 1.54) is 0 Å². The molecule has 0 radical (unpaired) electrons. The van der Waals surface area contributed by atoms with Crippen molar-refractivity contribution in [3.05, 3.63) is 0 Å². The van der Waals surface area contributed by atoms with Crippen molar-refractivity contribution in [2.75, 3.05) is 26.7 Å². The van der Waals surface area contributed by atoms with Crippen LogP contribution in [0.25, 0.3) is 0 Å². The smallest absolute Gasteiger partial charge is 0.190 e. The molecule has 0 spiro atoms. The third kappa shape index (κ3) is 6.67. The number of guanidine groups is 1. The van der Waals surface area contributed by atoms with Crippen molar-refractivity contribution in [3.8, 4) is 0 Å². The summed E-state index contributed by atoms with van der Waals surface area (Å²) in [5.74, 6) is 1.42. The molecule has 0 aromatic heterocycles. The molecular weight excluding hydrogens is 202 g/mol. The van der Waals surface area contributed by atoms with Gasteiger partial charge in [-0.25, -0.2) is 0 Å². The molecule has 1 atom stereocenters. The normalized spacial score (nSPS) is 14.0. The molecule has 0 rings (SSSR count). The second-order valence-electron chi connectivity index (χ2n) is 4.06. The zero-order valence-electron chi connectivity index (χ0n) is 11.3. The summed E-state index contributed by atoms with van der Waals surface area (Å²) in [6, 6.07) is 0. The fraction of sp³-hybridized carbons (Fsp3) is 0.917. The molecule has 0 unspecified atom stereocenters. The average Bonchev–Trinajstić information content (AvgIpc) is 2.26. The summed E-state index contributed by atoms with van der Waals surface area (Å²) in [4.78, 5) is 4.12. The summed E-state index contributed by atoms with van der Waals surface area (Å²) < 4.78 is 5.68. The van der Waals surface area contributed by atoms with E-state index in [1.807, 2.05) is 6.92 Å². The Morgan fingerprint density at radius 3 is 2.38 bits per heavy atom. The van der Waals surface area contributed by atoms with Crippen LogP contribution in [0.2, 0.25) is 0 Å². The maximum atomic E-state index is 5.68. The molecule has 0 aliphatic rings. The lowest BCUT2D eigenvalue weighted by Crippen LogP contribution is -2.39. The summed E-state index contributed by atoms with van der Waals surface area (Å²) in [6.45, 7) is 11.1. The zero-order valence-corrected chi connectivity index (χ0v) is 11.3. The minimum Gasteiger partial charge on any atom is -0.378 e. The summed E-state index contributed by atoms with van der Waals surface area (Å²) in [5, 5.41) is 6.44. The molecule has 0 bridgehead atoms. The van der Waals surface area contributed by atoms with E-state index in [0.717, 1.165) is 32.1 Å². The molecule has 0 amide bonds. The maximum absolute atomic E-state index is 5.68. The predicted molar refractivity (Wildman–Crippen MR) is 69.9 cm³/mol. The molecule has 0 saturated carbocycles. The van der Waals surface area contributed by atoms with Crippen LogP contribution in [0.1, 0.15) is 34.1 Å². The Morgan fingerprint density at radius 2 is 1.94 bits per heavy atom. The average molecular weight is 229 g/mol. The van der Waals surface area contributed by atoms with Gasteiger partial charge in [0.05, 0.1) is 6.10 Å². The molecule has 4 heteroatoms. The standard InChI is InChI=1S/C12H27N3O/c1-6-14-12(13-5)15-9-8-11(10(3)4)16-7-2/h10-11H,6-9H2,1-5H3,(H2,13,14,15)/t11-/m1/s1. The van der Waals surface area contributed by atoms with Gasteiger partial charge < -0.3 is 15.4 Å². The number of nitrogens with one attached hydrogen (secondary N) is 2. The Kier molecular flexibility index (Phi) is 9.00. The van der Waals surface area contributed by atoms with Gasteiger partial charge in [-0.2, -0.15) is 0 Å². The molecule has 4 nitrogen and oxygen atoms in total. The second kappa shape index (κ2) is 9.46. The molecule has 0 aromatic rings. The van der Waals surface area contributed by atoms with E-state index in [2.05, 4.69) is 36.4 Å². The van der Waals surface area contributed by atoms with E-state index in [1.54, 1.807) is 7.05 Å². The molecule has 0 aliphatic carbocycles. The highest BCUT2D eigenvalue weighted by Gasteiger charge is 2.12. The molecule has 16 heavy (non-hydrogen) atoms. The van der Waals surface area contributed by atoms with Crippen molar-refractivity contribution in [2.24, 2.45) is 10.9 Å². The van der Waals surface area contributed by atoms with E-state index < -0.39 is 0 Å². The number of ether oxygens (including phenoxy) is 1. The molecule has 2 N–H and O–H groups in total. The van der Waals surface area contributed by atoms with Crippen LogP contribution in [0.5, 0.6) is 0 Å². The highest BCUT2D eigenvalue weighted by Crippen LogP contribution is 2.09. The minimum absolute atomic E-state index is 0.331. The van der Waals surface area contributed by atoms with Gasteiger partial charge in [-0.05, 0) is 26.2 Å². The number of rotatable bonds is 7. The first-order chi connectivity index (χ1) is 7.65. The Balaban J connectivity index is 3.84. The van der Waals surface area contributed by atoms with E-state index in [-0.39, 0.29) is 0 Å². The lowest BCUT2D eigenvalue weighted by atomic mass is 10.0. The van der Waals surface area contributed by atoms with Gasteiger partial charge in [0.25, 0.3) is 0 Å². The highest BCUT2D eigenvalue weighted by atomic mass is 16.5.